The van der Waals surface area contributed by atoms with Crippen LogP contribution in [0, 0.1) is 12.3 Å². The molecule has 1 aliphatic heterocycles. The molecule has 0 spiro atoms. The van der Waals surface area contributed by atoms with Crippen molar-refractivity contribution in [1.29, 1.82) is 0 Å². The van der Waals surface area contributed by atoms with E-state index >= 15 is 0 Å². The van der Waals surface area contributed by atoms with Crippen LogP contribution in [-0.4, -0.2) is 40.2 Å². The lowest BCUT2D eigenvalue weighted by atomic mass is 9.86. The number of carboxylic acid groups (broad SMARTS) is 1. The first kappa shape index (κ1) is 13.9. The maximum atomic E-state index is 13.0. The van der Waals surface area contributed by atoms with Gasteiger partial charge in [-0.15, -0.1) is 0 Å². The molecule has 1 aliphatic rings. The standard InChI is InChI=1S/C11H13F3N2O3/c1-7-8(15-6-19-7)4-16-3-2-10(5-16,9(17)18)11(12,13)14/h6H,2-5H2,1H3,(H,17,18). The maximum Gasteiger partial charge on any atom is 0.406 e. The van der Waals surface area contributed by atoms with Gasteiger partial charge in [0.1, 0.15) is 5.76 Å². The Balaban J connectivity index is 2.14. The number of aliphatic carboxylic acids is 1. The fraction of sp³-hybridized carbons (Fsp3) is 0.636. The molecule has 0 radical (unpaired) electrons. The third-order valence-electron chi connectivity index (χ3n) is 3.52. The van der Waals surface area contributed by atoms with Crippen LogP contribution < -0.4 is 0 Å². The fourth-order valence-electron chi connectivity index (χ4n) is 2.24. The van der Waals surface area contributed by atoms with Crippen LogP contribution in [0.1, 0.15) is 17.9 Å². The van der Waals surface area contributed by atoms with Crippen molar-refractivity contribution < 1.29 is 27.5 Å². The van der Waals surface area contributed by atoms with Gasteiger partial charge in [0.15, 0.2) is 11.8 Å². The molecule has 0 aromatic carbocycles. The zero-order chi connectivity index (χ0) is 14.3. The summed E-state index contributed by atoms with van der Waals surface area (Å²) in [5, 5.41) is 8.92. The Morgan fingerprint density at radius 1 is 1.63 bits per heavy atom. The molecule has 1 fully saturated rings. The van der Waals surface area contributed by atoms with Gasteiger partial charge in [-0.05, 0) is 13.3 Å². The van der Waals surface area contributed by atoms with Gasteiger partial charge in [-0.3, -0.25) is 9.69 Å². The molecule has 8 heteroatoms. The second kappa shape index (κ2) is 4.52. The minimum Gasteiger partial charge on any atom is -0.481 e. The van der Waals surface area contributed by atoms with E-state index < -0.39 is 30.5 Å². The van der Waals surface area contributed by atoms with Gasteiger partial charge in [-0.25, -0.2) is 4.98 Å². The molecule has 0 bridgehead atoms. The van der Waals surface area contributed by atoms with E-state index in [-0.39, 0.29) is 13.1 Å². The van der Waals surface area contributed by atoms with E-state index in [9.17, 15) is 18.0 Å². The smallest absolute Gasteiger partial charge is 0.406 e. The average molecular weight is 278 g/mol. The van der Waals surface area contributed by atoms with Crippen molar-refractivity contribution >= 4 is 5.97 Å². The SMILES string of the molecule is Cc1ocnc1CN1CCC(C(=O)O)(C(F)(F)F)C1. The second-order valence-electron chi connectivity index (χ2n) is 4.70. The monoisotopic (exact) mass is 278 g/mol. The zero-order valence-corrected chi connectivity index (χ0v) is 10.2. The van der Waals surface area contributed by atoms with Gasteiger partial charge in [-0.1, -0.05) is 0 Å². The van der Waals surface area contributed by atoms with Crippen molar-refractivity contribution in [3.63, 3.8) is 0 Å². The Morgan fingerprint density at radius 2 is 2.32 bits per heavy atom. The number of carbonyl (C=O) groups is 1. The number of hydrogen-bond donors (Lipinski definition) is 1. The Labute approximate surface area is 107 Å². The van der Waals surface area contributed by atoms with E-state index in [0.717, 1.165) is 0 Å². The van der Waals surface area contributed by atoms with E-state index in [1.165, 1.54) is 11.3 Å². The van der Waals surface area contributed by atoms with Crippen molar-refractivity contribution in [3.05, 3.63) is 17.8 Å². The van der Waals surface area contributed by atoms with Gasteiger partial charge < -0.3 is 9.52 Å². The normalized spacial score (nSPS) is 24.8. The molecule has 1 unspecified atom stereocenters. The topological polar surface area (TPSA) is 66.6 Å². The molecule has 1 N–H and O–H groups in total. The van der Waals surface area contributed by atoms with E-state index in [0.29, 0.717) is 11.5 Å². The van der Waals surface area contributed by atoms with Crippen LogP contribution in [0.4, 0.5) is 13.2 Å². The van der Waals surface area contributed by atoms with Crippen LogP contribution in [0.5, 0.6) is 0 Å². The van der Waals surface area contributed by atoms with Crippen molar-refractivity contribution in [2.75, 3.05) is 13.1 Å². The molecule has 1 aromatic rings. The number of rotatable bonds is 3. The number of nitrogens with zero attached hydrogens (tertiary/aromatic N) is 2. The van der Waals surface area contributed by atoms with Crippen LogP contribution in [0.3, 0.4) is 0 Å². The Morgan fingerprint density at radius 3 is 2.74 bits per heavy atom. The number of aromatic nitrogens is 1. The molecule has 106 valence electrons. The molecule has 19 heavy (non-hydrogen) atoms. The second-order valence-corrected chi connectivity index (χ2v) is 4.70. The van der Waals surface area contributed by atoms with Gasteiger partial charge >= 0.3 is 12.1 Å². The predicted molar refractivity (Wildman–Crippen MR) is 57.3 cm³/mol. The third-order valence-corrected chi connectivity index (χ3v) is 3.52. The van der Waals surface area contributed by atoms with Gasteiger partial charge in [0, 0.05) is 19.6 Å². The number of halogens is 3. The summed E-state index contributed by atoms with van der Waals surface area (Å²) in [5.74, 6) is -1.29. The summed E-state index contributed by atoms with van der Waals surface area (Å²) in [6.07, 6.45) is -3.98. The molecule has 1 saturated heterocycles. The third kappa shape index (κ3) is 2.32. The summed E-state index contributed by atoms with van der Waals surface area (Å²) in [5.41, 5.74) is -2.15. The molecule has 0 aliphatic carbocycles. The van der Waals surface area contributed by atoms with E-state index in [1.807, 2.05) is 0 Å². The molecule has 0 amide bonds. The molecular weight excluding hydrogens is 265 g/mol. The van der Waals surface area contributed by atoms with E-state index in [4.69, 9.17) is 9.52 Å². The average Bonchev–Trinajstić information content (AvgIpc) is 2.87. The van der Waals surface area contributed by atoms with Gasteiger partial charge in [0.2, 0.25) is 0 Å². The van der Waals surface area contributed by atoms with Gasteiger partial charge in [-0.2, -0.15) is 13.2 Å². The summed E-state index contributed by atoms with van der Waals surface area (Å²) in [4.78, 5) is 16.3. The lowest BCUT2D eigenvalue weighted by Gasteiger charge is -2.27. The van der Waals surface area contributed by atoms with Crippen molar-refractivity contribution in [3.8, 4) is 0 Å². The number of oxazole rings is 1. The largest absolute Gasteiger partial charge is 0.481 e. The van der Waals surface area contributed by atoms with Crippen LogP contribution in [-0.2, 0) is 11.3 Å². The Bertz CT molecular complexity index is 486. The molecule has 1 atom stereocenters. The number of carboxylic acids is 1. The van der Waals surface area contributed by atoms with E-state index in [2.05, 4.69) is 4.98 Å². The summed E-state index contributed by atoms with van der Waals surface area (Å²) in [7, 11) is 0. The van der Waals surface area contributed by atoms with Crippen LogP contribution in [0.25, 0.3) is 0 Å². The summed E-state index contributed by atoms with van der Waals surface area (Å²) < 4.78 is 43.8. The molecule has 0 saturated carbocycles. The van der Waals surface area contributed by atoms with Crippen LogP contribution >= 0.6 is 0 Å². The van der Waals surface area contributed by atoms with Crippen LogP contribution in [0.15, 0.2) is 10.8 Å². The first-order valence-electron chi connectivity index (χ1n) is 5.68. The predicted octanol–water partition coefficient (Wildman–Crippen LogP) is 1.82. The fourth-order valence-corrected chi connectivity index (χ4v) is 2.24. The highest BCUT2D eigenvalue weighted by atomic mass is 19.4. The molecular formula is C11H13F3N2O3. The highest BCUT2D eigenvalue weighted by Gasteiger charge is 2.63. The van der Waals surface area contributed by atoms with E-state index in [1.54, 1.807) is 6.92 Å². The highest BCUT2D eigenvalue weighted by Crippen LogP contribution is 2.45. The van der Waals surface area contributed by atoms with Crippen LogP contribution in [0.2, 0.25) is 0 Å². The quantitative estimate of drug-likeness (QED) is 0.913. The molecule has 1 aromatic heterocycles. The number of alkyl halides is 3. The lowest BCUT2D eigenvalue weighted by Crippen LogP contribution is -2.47. The molecule has 5 nitrogen and oxygen atoms in total. The summed E-state index contributed by atoms with van der Waals surface area (Å²) in [6, 6.07) is 0. The van der Waals surface area contributed by atoms with Crippen molar-refractivity contribution in [2.24, 2.45) is 5.41 Å². The molecule has 2 heterocycles. The first-order chi connectivity index (χ1) is 8.76. The number of likely N-dealkylation sites (tertiary alicyclic amines) is 1. The zero-order valence-electron chi connectivity index (χ0n) is 10.2. The summed E-state index contributed by atoms with van der Waals surface area (Å²) in [6.45, 7) is 1.33. The number of hydrogen-bond acceptors (Lipinski definition) is 4. The van der Waals surface area contributed by atoms with Crippen molar-refractivity contribution in [1.82, 2.24) is 9.88 Å². The maximum absolute atomic E-state index is 13.0. The molecule has 2 rings (SSSR count). The van der Waals surface area contributed by atoms with Gasteiger partial charge in [0.25, 0.3) is 0 Å². The van der Waals surface area contributed by atoms with Gasteiger partial charge in [0.05, 0.1) is 5.69 Å². The first-order valence-corrected chi connectivity index (χ1v) is 5.68. The van der Waals surface area contributed by atoms with Crippen molar-refractivity contribution in [2.45, 2.75) is 26.1 Å². The minimum atomic E-state index is -4.76. The Hall–Kier alpha value is -1.57. The lowest BCUT2D eigenvalue weighted by molar-refractivity contribution is -0.227. The Kier molecular flexibility index (Phi) is 3.29. The minimum absolute atomic E-state index is 0.0676. The summed E-state index contributed by atoms with van der Waals surface area (Å²) >= 11 is 0. The highest BCUT2D eigenvalue weighted by molar-refractivity contribution is 5.76. The number of aryl methyl sites for hydroxylation is 1.